The lowest BCUT2D eigenvalue weighted by molar-refractivity contribution is 0.300. The van der Waals surface area contributed by atoms with Crippen LogP contribution >= 0.6 is 23.2 Å². The first kappa shape index (κ1) is 17.7. The summed E-state index contributed by atoms with van der Waals surface area (Å²) in [4.78, 5) is 9.20. The third-order valence-corrected chi connectivity index (χ3v) is 4.09. The van der Waals surface area contributed by atoms with E-state index >= 15 is 0 Å². The minimum absolute atomic E-state index is 0.469. The Balaban J connectivity index is 2.03. The van der Waals surface area contributed by atoms with Crippen molar-refractivity contribution in [1.29, 1.82) is 0 Å². The van der Waals surface area contributed by atoms with Crippen molar-refractivity contribution in [1.82, 2.24) is 9.97 Å². The monoisotopic (exact) mass is 373 g/mol. The molecule has 3 rings (SSSR count). The maximum Gasteiger partial charge on any atom is 0.232 e. The Kier molecular flexibility index (Phi) is 5.87. The van der Waals surface area contributed by atoms with Gasteiger partial charge < -0.3 is 10.5 Å². The molecule has 3 aromatic rings. The van der Waals surface area contributed by atoms with Crippen LogP contribution in [0, 0.1) is 0 Å². The summed E-state index contributed by atoms with van der Waals surface area (Å²) in [6.07, 6.45) is 2.39. The Hall–Kier alpha value is -2.14. The smallest absolute Gasteiger partial charge is 0.232 e. The highest BCUT2D eigenvalue weighted by Crippen LogP contribution is 2.31. The number of nitrogens with two attached hydrogens (primary N) is 1. The van der Waals surface area contributed by atoms with Crippen LogP contribution in [0.25, 0.3) is 22.5 Å². The predicted octanol–water partition coefficient (Wildman–Crippen LogP) is 4.85. The van der Waals surface area contributed by atoms with E-state index in [1.165, 1.54) is 0 Å². The molecule has 0 aliphatic carbocycles. The molecule has 0 spiro atoms. The van der Waals surface area contributed by atoms with Crippen LogP contribution in [0.5, 0.6) is 5.88 Å². The molecule has 4 nitrogen and oxygen atoms in total. The van der Waals surface area contributed by atoms with Gasteiger partial charge in [-0.3, -0.25) is 0 Å². The number of nitrogens with zero attached hydrogens (tertiary/aromatic N) is 2. The first-order chi connectivity index (χ1) is 12.2. The molecule has 2 aromatic carbocycles. The number of hydrogen-bond acceptors (Lipinski definition) is 4. The zero-order valence-electron chi connectivity index (χ0n) is 13.5. The summed E-state index contributed by atoms with van der Waals surface area (Å²) in [6, 6.07) is 15.0. The summed E-state index contributed by atoms with van der Waals surface area (Å²) in [7, 11) is 0. The van der Waals surface area contributed by atoms with Crippen LogP contribution in [0.3, 0.4) is 0 Å². The second-order valence-electron chi connectivity index (χ2n) is 5.41. The molecule has 1 aromatic heterocycles. The molecule has 1 heterocycles. The number of halogens is 2. The molecule has 0 unspecified atom stereocenters. The fraction of sp³-hybridized carbons (Fsp3) is 0.158. The van der Waals surface area contributed by atoms with Gasteiger partial charge in [0.15, 0.2) is 0 Å². The van der Waals surface area contributed by atoms with E-state index in [0.717, 1.165) is 28.9 Å². The topological polar surface area (TPSA) is 61.0 Å². The van der Waals surface area contributed by atoms with E-state index in [4.69, 9.17) is 33.7 Å². The van der Waals surface area contributed by atoms with Crippen molar-refractivity contribution in [2.24, 2.45) is 5.73 Å². The van der Waals surface area contributed by atoms with Crippen LogP contribution in [0.2, 0.25) is 10.0 Å². The lowest BCUT2D eigenvalue weighted by atomic mass is 10.0. The van der Waals surface area contributed by atoms with E-state index in [-0.39, 0.29) is 0 Å². The Bertz CT molecular complexity index is 836. The molecule has 0 atom stereocenters. The van der Waals surface area contributed by atoms with E-state index in [1.54, 1.807) is 6.20 Å². The van der Waals surface area contributed by atoms with Crippen LogP contribution in [0.1, 0.15) is 6.42 Å². The van der Waals surface area contributed by atoms with Crippen LogP contribution in [-0.4, -0.2) is 23.1 Å². The van der Waals surface area contributed by atoms with Gasteiger partial charge in [0.25, 0.3) is 0 Å². The van der Waals surface area contributed by atoms with Gasteiger partial charge in [0.05, 0.1) is 18.5 Å². The number of rotatable bonds is 6. The van der Waals surface area contributed by atoms with Gasteiger partial charge in [0.1, 0.15) is 5.69 Å². The Morgan fingerprint density at radius 3 is 1.96 bits per heavy atom. The molecule has 0 fully saturated rings. The summed E-state index contributed by atoms with van der Waals surface area (Å²) in [6.45, 7) is 1.08. The molecular formula is C19H17Cl2N3O. The fourth-order valence-electron chi connectivity index (χ4n) is 2.33. The van der Waals surface area contributed by atoms with Crippen molar-refractivity contribution in [2.45, 2.75) is 6.42 Å². The molecule has 25 heavy (non-hydrogen) atoms. The predicted molar refractivity (Wildman–Crippen MR) is 102 cm³/mol. The minimum atomic E-state index is 0.469. The molecule has 0 amide bonds. The van der Waals surface area contributed by atoms with Crippen molar-refractivity contribution in [3.8, 4) is 28.4 Å². The van der Waals surface area contributed by atoms with Gasteiger partial charge in [0, 0.05) is 21.2 Å². The largest absolute Gasteiger partial charge is 0.477 e. The average Bonchev–Trinajstić information content (AvgIpc) is 2.63. The van der Waals surface area contributed by atoms with Crippen molar-refractivity contribution in [3.63, 3.8) is 0 Å². The summed E-state index contributed by atoms with van der Waals surface area (Å²) < 4.78 is 5.64. The molecule has 0 saturated heterocycles. The lowest BCUT2D eigenvalue weighted by Crippen LogP contribution is -2.07. The van der Waals surface area contributed by atoms with Gasteiger partial charge in [-0.25, -0.2) is 9.97 Å². The van der Waals surface area contributed by atoms with E-state index in [1.807, 2.05) is 48.5 Å². The first-order valence-corrected chi connectivity index (χ1v) is 8.65. The van der Waals surface area contributed by atoms with Crippen LogP contribution in [0.15, 0.2) is 54.7 Å². The fourth-order valence-corrected chi connectivity index (χ4v) is 2.58. The number of hydrogen-bond donors (Lipinski definition) is 1. The zero-order chi connectivity index (χ0) is 17.6. The average molecular weight is 374 g/mol. The molecule has 2 N–H and O–H groups in total. The second-order valence-corrected chi connectivity index (χ2v) is 6.28. The Labute approximate surface area is 156 Å². The normalized spacial score (nSPS) is 10.7. The van der Waals surface area contributed by atoms with E-state index in [2.05, 4.69) is 9.97 Å². The minimum Gasteiger partial charge on any atom is -0.477 e. The third kappa shape index (κ3) is 4.48. The summed E-state index contributed by atoms with van der Waals surface area (Å²) in [5.74, 6) is 0.469. The Morgan fingerprint density at radius 1 is 0.840 bits per heavy atom. The molecule has 0 bridgehead atoms. The molecular weight excluding hydrogens is 357 g/mol. The van der Waals surface area contributed by atoms with Gasteiger partial charge in [0.2, 0.25) is 5.88 Å². The molecule has 0 aliphatic heterocycles. The molecule has 0 radical (unpaired) electrons. The van der Waals surface area contributed by atoms with Crippen molar-refractivity contribution in [2.75, 3.05) is 13.2 Å². The van der Waals surface area contributed by atoms with Crippen molar-refractivity contribution in [3.05, 3.63) is 64.8 Å². The molecule has 128 valence electrons. The Morgan fingerprint density at radius 2 is 1.40 bits per heavy atom. The summed E-state index contributed by atoms with van der Waals surface area (Å²) in [5.41, 5.74) is 8.82. The van der Waals surface area contributed by atoms with Gasteiger partial charge in [-0.15, -0.1) is 0 Å². The number of benzene rings is 2. The highest BCUT2D eigenvalue weighted by molar-refractivity contribution is 6.31. The summed E-state index contributed by atoms with van der Waals surface area (Å²) in [5, 5.41) is 1.34. The highest BCUT2D eigenvalue weighted by atomic mass is 35.5. The van der Waals surface area contributed by atoms with Crippen molar-refractivity contribution >= 4 is 23.2 Å². The van der Waals surface area contributed by atoms with Crippen LogP contribution < -0.4 is 10.5 Å². The zero-order valence-corrected chi connectivity index (χ0v) is 15.0. The van der Waals surface area contributed by atoms with Gasteiger partial charge in [-0.1, -0.05) is 47.5 Å². The van der Waals surface area contributed by atoms with E-state index in [0.29, 0.717) is 29.1 Å². The maximum absolute atomic E-state index is 6.00. The van der Waals surface area contributed by atoms with E-state index < -0.39 is 0 Å². The molecule has 0 saturated carbocycles. The second kappa shape index (κ2) is 8.30. The maximum atomic E-state index is 6.00. The summed E-state index contributed by atoms with van der Waals surface area (Å²) >= 11 is 12.0. The molecule has 6 heteroatoms. The number of aromatic nitrogens is 2. The van der Waals surface area contributed by atoms with Gasteiger partial charge in [-0.05, 0) is 37.2 Å². The highest BCUT2D eigenvalue weighted by Gasteiger charge is 2.13. The van der Waals surface area contributed by atoms with Crippen LogP contribution in [-0.2, 0) is 0 Å². The van der Waals surface area contributed by atoms with Crippen molar-refractivity contribution < 1.29 is 4.74 Å². The third-order valence-electron chi connectivity index (χ3n) is 3.58. The first-order valence-electron chi connectivity index (χ1n) is 7.89. The standard InChI is InChI=1S/C19H17Cl2N3O/c20-15-6-2-13(3-7-15)18-19(14-4-8-16(21)9-5-14)24-17(12-23-18)25-11-1-10-22/h2-9,12H,1,10-11,22H2. The molecule has 0 aliphatic rings. The quantitative estimate of drug-likeness (QED) is 0.627. The SMILES string of the molecule is NCCCOc1cnc(-c2ccc(Cl)cc2)c(-c2ccc(Cl)cc2)n1. The van der Waals surface area contributed by atoms with Gasteiger partial charge >= 0.3 is 0 Å². The van der Waals surface area contributed by atoms with Gasteiger partial charge in [-0.2, -0.15) is 0 Å². The lowest BCUT2D eigenvalue weighted by Gasteiger charge is -2.11. The van der Waals surface area contributed by atoms with Crippen LogP contribution in [0.4, 0.5) is 0 Å². The van der Waals surface area contributed by atoms with E-state index in [9.17, 15) is 0 Å². The number of ether oxygens (including phenoxy) is 1.